The van der Waals surface area contributed by atoms with Crippen LogP contribution in [0.25, 0.3) is 0 Å². The van der Waals surface area contributed by atoms with Gasteiger partial charge in [-0.3, -0.25) is 4.21 Å². The molecule has 0 aliphatic carbocycles. The largest absolute Gasteiger partial charge is 0.398 e. The average molecular weight is 270 g/mol. The summed E-state index contributed by atoms with van der Waals surface area (Å²) in [5.41, 5.74) is 9.01. The maximum absolute atomic E-state index is 12.3. The molecule has 1 unspecified atom stereocenters. The van der Waals surface area contributed by atoms with E-state index in [1.807, 2.05) is 31.2 Å². The van der Waals surface area contributed by atoms with E-state index in [2.05, 4.69) is 6.07 Å². The summed E-state index contributed by atoms with van der Waals surface area (Å²) < 4.78 is 12.3. The van der Waals surface area contributed by atoms with Crippen LogP contribution < -0.4 is 5.73 Å². The summed E-state index contributed by atoms with van der Waals surface area (Å²) in [6.07, 6.45) is 0. The Bertz CT molecular complexity index is 657. The molecule has 3 nitrogen and oxygen atoms in total. The Morgan fingerprint density at radius 3 is 2.53 bits per heavy atom. The fourth-order valence-corrected chi connectivity index (χ4v) is 3.04. The van der Waals surface area contributed by atoms with Crippen molar-refractivity contribution < 1.29 is 4.21 Å². The summed E-state index contributed by atoms with van der Waals surface area (Å²) in [6, 6.07) is 14.7. The fourth-order valence-electron chi connectivity index (χ4n) is 1.76. The lowest BCUT2D eigenvalue weighted by atomic mass is 10.2. The maximum Gasteiger partial charge on any atom is 0.0991 e. The van der Waals surface area contributed by atoms with Crippen molar-refractivity contribution in [3.05, 3.63) is 59.2 Å². The van der Waals surface area contributed by atoms with Gasteiger partial charge < -0.3 is 5.73 Å². The molecule has 0 spiro atoms. The first-order valence-electron chi connectivity index (χ1n) is 5.84. The second-order valence-electron chi connectivity index (χ2n) is 4.29. The van der Waals surface area contributed by atoms with E-state index in [-0.39, 0.29) is 0 Å². The Morgan fingerprint density at radius 1 is 1.21 bits per heavy atom. The van der Waals surface area contributed by atoms with Crippen LogP contribution in [-0.4, -0.2) is 4.21 Å². The van der Waals surface area contributed by atoms with Gasteiger partial charge in [0, 0.05) is 0 Å². The number of anilines is 1. The Balaban J connectivity index is 2.21. The van der Waals surface area contributed by atoms with Crippen molar-refractivity contribution in [3.8, 4) is 6.07 Å². The lowest BCUT2D eigenvalue weighted by Crippen LogP contribution is -2.02. The van der Waals surface area contributed by atoms with Crippen LogP contribution in [0, 0.1) is 18.3 Å². The molecule has 0 fully saturated rings. The minimum absolute atomic E-state index is 0.402. The van der Waals surface area contributed by atoms with Gasteiger partial charge in [-0.15, -0.1) is 0 Å². The molecule has 2 rings (SSSR count). The third kappa shape index (κ3) is 3.01. The van der Waals surface area contributed by atoms with Gasteiger partial charge in [0.1, 0.15) is 0 Å². The molecular formula is C15H14N2OS. The van der Waals surface area contributed by atoms with Crippen molar-refractivity contribution in [1.29, 1.82) is 5.26 Å². The fraction of sp³-hybridized carbons (Fsp3) is 0.133. The normalized spacial score (nSPS) is 11.8. The van der Waals surface area contributed by atoms with E-state index in [1.54, 1.807) is 18.2 Å². The molecule has 1 atom stereocenters. The van der Waals surface area contributed by atoms with Crippen molar-refractivity contribution >= 4 is 16.5 Å². The number of nitrogens with two attached hydrogens (primary N) is 1. The van der Waals surface area contributed by atoms with Gasteiger partial charge in [0.15, 0.2) is 0 Å². The van der Waals surface area contributed by atoms with Crippen LogP contribution in [0.5, 0.6) is 0 Å². The van der Waals surface area contributed by atoms with E-state index in [1.165, 1.54) is 0 Å². The number of para-hydroxylation sites is 1. The first-order valence-corrected chi connectivity index (χ1v) is 7.16. The first kappa shape index (κ1) is 13.3. The molecule has 0 saturated heterocycles. The molecule has 0 aliphatic heterocycles. The molecule has 0 bridgehead atoms. The molecule has 2 N–H and O–H groups in total. The number of rotatable bonds is 3. The second kappa shape index (κ2) is 5.68. The molecule has 0 amide bonds. The number of aryl methyl sites for hydroxylation is 1. The lowest BCUT2D eigenvalue weighted by Gasteiger charge is -2.08. The van der Waals surface area contributed by atoms with E-state index < -0.39 is 10.8 Å². The Morgan fingerprint density at radius 2 is 1.89 bits per heavy atom. The number of nitrogen functional groups attached to an aromatic ring is 1. The molecule has 0 aromatic heterocycles. The van der Waals surface area contributed by atoms with Crippen LogP contribution in [0.15, 0.2) is 47.4 Å². The summed E-state index contributed by atoms with van der Waals surface area (Å²) in [5, 5.41) is 8.73. The smallest absolute Gasteiger partial charge is 0.0991 e. The number of nitriles is 1. The van der Waals surface area contributed by atoms with E-state index in [9.17, 15) is 4.21 Å². The highest BCUT2D eigenvalue weighted by Crippen LogP contribution is 2.22. The highest BCUT2D eigenvalue weighted by Gasteiger charge is 2.10. The maximum atomic E-state index is 12.3. The quantitative estimate of drug-likeness (QED) is 0.872. The third-order valence-electron chi connectivity index (χ3n) is 2.91. The van der Waals surface area contributed by atoms with Crippen molar-refractivity contribution in [3.63, 3.8) is 0 Å². The van der Waals surface area contributed by atoms with Crippen molar-refractivity contribution in [2.75, 3.05) is 5.73 Å². The molecule has 2 aromatic rings. The monoisotopic (exact) mass is 270 g/mol. The van der Waals surface area contributed by atoms with Gasteiger partial charge in [0.2, 0.25) is 0 Å². The average Bonchev–Trinajstić information content (AvgIpc) is 2.42. The summed E-state index contributed by atoms with van der Waals surface area (Å²) >= 11 is 0. The highest BCUT2D eigenvalue weighted by atomic mass is 32.2. The van der Waals surface area contributed by atoms with E-state index >= 15 is 0 Å². The van der Waals surface area contributed by atoms with Gasteiger partial charge in [0.25, 0.3) is 0 Å². The predicted molar refractivity (Wildman–Crippen MR) is 76.9 cm³/mol. The molecule has 0 heterocycles. The van der Waals surface area contributed by atoms with Crippen molar-refractivity contribution in [2.45, 2.75) is 17.6 Å². The molecule has 2 aromatic carbocycles. The SMILES string of the molecule is Cc1cccc(S(=O)Cc2ccc(C#N)cc2)c1N. The summed E-state index contributed by atoms with van der Waals surface area (Å²) in [6.45, 7) is 1.90. The zero-order chi connectivity index (χ0) is 13.8. The number of nitrogens with zero attached hydrogens (tertiary/aromatic N) is 1. The predicted octanol–water partition coefficient (Wildman–Crippen LogP) is 2.76. The Kier molecular flexibility index (Phi) is 3.98. The van der Waals surface area contributed by atoms with Gasteiger partial charge in [-0.25, -0.2) is 0 Å². The third-order valence-corrected chi connectivity index (χ3v) is 4.35. The van der Waals surface area contributed by atoms with Crippen LogP contribution in [0.4, 0.5) is 5.69 Å². The molecule has 0 radical (unpaired) electrons. The van der Waals surface area contributed by atoms with Crippen LogP contribution in [-0.2, 0) is 16.6 Å². The molecule has 0 aliphatic rings. The molecule has 4 heteroatoms. The topological polar surface area (TPSA) is 66.9 Å². The molecule has 96 valence electrons. The van der Waals surface area contributed by atoms with Gasteiger partial charge in [0.05, 0.1) is 38.8 Å². The summed E-state index contributed by atoms with van der Waals surface area (Å²) in [4.78, 5) is 0.671. The van der Waals surface area contributed by atoms with Gasteiger partial charge in [-0.1, -0.05) is 24.3 Å². The molecule has 19 heavy (non-hydrogen) atoms. The lowest BCUT2D eigenvalue weighted by molar-refractivity contribution is 0.683. The highest BCUT2D eigenvalue weighted by molar-refractivity contribution is 7.84. The van der Waals surface area contributed by atoms with Crippen LogP contribution in [0.1, 0.15) is 16.7 Å². The van der Waals surface area contributed by atoms with Gasteiger partial charge in [-0.2, -0.15) is 5.26 Å². The van der Waals surface area contributed by atoms with Gasteiger partial charge in [-0.05, 0) is 36.2 Å². The minimum Gasteiger partial charge on any atom is -0.398 e. The molecular weight excluding hydrogens is 256 g/mol. The van der Waals surface area contributed by atoms with Crippen LogP contribution >= 0.6 is 0 Å². The van der Waals surface area contributed by atoms with Crippen LogP contribution in [0.2, 0.25) is 0 Å². The Hall–Kier alpha value is -2.12. The first-order chi connectivity index (χ1) is 9.11. The Labute approximate surface area is 115 Å². The minimum atomic E-state index is -1.17. The van der Waals surface area contributed by atoms with E-state index in [0.29, 0.717) is 21.9 Å². The second-order valence-corrected chi connectivity index (χ2v) is 5.70. The standard InChI is InChI=1S/C15H14N2OS/c1-11-3-2-4-14(15(11)17)19(18)10-13-7-5-12(9-16)6-8-13/h2-8H,10,17H2,1H3. The van der Waals surface area contributed by atoms with Gasteiger partial charge >= 0.3 is 0 Å². The number of hydrogen-bond donors (Lipinski definition) is 1. The number of benzene rings is 2. The van der Waals surface area contributed by atoms with Crippen molar-refractivity contribution in [1.82, 2.24) is 0 Å². The summed E-state index contributed by atoms with van der Waals surface area (Å²) in [7, 11) is -1.17. The van der Waals surface area contributed by atoms with Crippen molar-refractivity contribution in [2.24, 2.45) is 0 Å². The zero-order valence-corrected chi connectivity index (χ0v) is 11.4. The van der Waals surface area contributed by atoms with Crippen LogP contribution in [0.3, 0.4) is 0 Å². The number of hydrogen-bond acceptors (Lipinski definition) is 3. The summed E-state index contributed by atoms with van der Waals surface area (Å²) in [5.74, 6) is 0.402. The van der Waals surface area contributed by atoms with E-state index in [4.69, 9.17) is 11.0 Å². The zero-order valence-electron chi connectivity index (χ0n) is 10.6. The van der Waals surface area contributed by atoms with E-state index in [0.717, 1.165) is 11.1 Å². The molecule has 0 saturated carbocycles.